The summed E-state index contributed by atoms with van der Waals surface area (Å²) >= 11 is 17.8. The molecule has 0 atom stereocenters. The number of hydrogen-bond acceptors (Lipinski definition) is 2. The summed E-state index contributed by atoms with van der Waals surface area (Å²) in [7, 11) is 0. The summed E-state index contributed by atoms with van der Waals surface area (Å²) in [5, 5.41) is 13.0. The van der Waals surface area contributed by atoms with Gasteiger partial charge in [-0.1, -0.05) is 47.5 Å². The Bertz CT molecular complexity index is 998. The third kappa shape index (κ3) is 4.61. The van der Waals surface area contributed by atoms with Crippen LogP contribution in [0.4, 0.5) is 11.4 Å². The lowest BCUT2D eigenvalue weighted by molar-refractivity contribution is 0.659. The molecule has 0 bridgehead atoms. The molecule has 0 amide bonds. The molecule has 7 heteroatoms. The van der Waals surface area contributed by atoms with Crippen molar-refractivity contribution in [3.63, 3.8) is 0 Å². The third-order valence-corrected chi connectivity index (χ3v) is 5.15. The summed E-state index contributed by atoms with van der Waals surface area (Å²) in [5.74, 6) is 0. The fourth-order valence-electron chi connectivity index (χ4n) is 2.82. The second-order valence-corrected chi connectivity index (χ2v) is 7.59. The van der Waals surface area contributed by atoms with Gasteiger partial charge < -0.3 is 10.6 Å². The minimum atomic E-state index is 0.490. The van der Waals surface area contributed by atoms with E-state index in [0.29, 0.717) is 16.7 Å². The zero-order chi connectivity index (χ0) is 19.6. The van der Waals surface area contributed by atoms with E-state index in [0.717, 1.165) is 38.9 Å². The van der Waals surface area contributed by atoms with Crippen molar-refractivity contribution < 1.29 is 0 Å². The molecule has 1 heterocycles. The topological polar surface area (TPSA) is 41.9 Å². The van der Waals surface area contributed by atoms with Gasteiger partial charge in [-0.25, -0.2) is 0 Å². The average Bonchev–Trinajstić information content (AvgIpc) is 2.87. The van der Waals surface area contributed by atoms with E-state index in [4.69, 9.17) is 35.4 Å². The Morgan fingerprint density at radius 3 is 2.56 bits per heavy atom. The number of aryl methyl sites for hydroxylation is 2. The van der Waals surface area contributed by atoms with Crippen LogP contribution in [-0.4, -0.2) is 14.9 Å². The minimum absolute atomic E-state index is 0.490. The van der Waals surface area contributed by atoms with Crippen LogP contribution in [0.1, 0.15) is 22.5 Å². The number of rotatable bonds is 4. The Morgan fingerprint density at radius 2 is 1.81 bits per heavy atom. The van der Waals surface area contributed by atoms with E-state index in [1.54, 1.807) is 0 Å². The highest BCUT2D eigenvalue weighted by Gasteiger charge is 2.14. The number of hydrogen-bond donors (Lipinski definition) is 2. The lowest BCUT2D eigenvalue weighted by atomic mass is 10.2. The maximum atomic E-state index is 6.28. The van der Waals surface area contributed by atoms with Crippen molar-refractivity contribution in [3.05, 3.63) is 75.0 Å². The molecule has 2 N–H and O–H groups in total. The van der Waals surface area contributed by atoms with Gasteiger partial charge in [-0.3, -0.25) is 4.68 Å². The van der Waals surface area contributed by atoms with Gasteiger partial charge in [-0.15, -0.1) is 0 Å². The van der Waals surface area contributed by atoms with Crippen LogP contribution in [0.5, 0.6) is 0 Å². The van der Waals surface area contributed by atoms with Gasteiger partial charge in [-0.2, -0.15) is 5.10 Å². The maximum absolute atomic E-state index is 6.28. The Balaban J connectivity index is 1.77. The zero-order valence-electron chi connectivity index (χ0n) is 15.3. The van der Waals surface area contributed by atoms with Crippen LogP contribution >= 0.6 is 35.4 Å². The molecule has 0 aliphatic rings. The molecule has 0 aliphatic carbocycles. The molecule has 0 radical (unpaired) electrons. The zero-order valence-corrected chi connectivity index (χ0v) is 17.6. The van der Waals surface area contributed by atoms with Gasteiger partial charge in [0, 0.05) is 15.7 Å². The third-order valence-electron chi connectivity index (χ3n) is 4.35. The molecule has 0 spiro atoms. The number of aromatic nitrogens is 2. The smallest absolute Gasteiger partial charge is 0.175 e. The van der Waals surface area contributed by atoms with Gasteiger partial charge in [0.25, 0.3) is 0 Å². The summed E-state index contributed by atoms with van der Waals surface area (Å²) in [5.41, 5.74) is 5.70. The SMILES string of the molecule is Cc1ccc(Cl)cc1NC(=S)Nc1c(C)nn(Cc2ccccc2Cl)c1C. The van der Waals surface area contributed by atoms with Crippen molar-refractivity contribution in [2.75, 3.05) is 10.6 Å². The van der Waals surface area contributed by atoms with Crippen LogP contribution in [0.25, 0.3) is 0 Å². The molecule has 4 nitrogen and oxygen atoms in total. The fraction of sp³-hybridized carbons (Fsp3) is 0.200. The number of benzene rings is 2. The Hall–Kier alpha value is -2.08. The molecule has 0 saturated carbocycles. The molecule has 3 aromatic rings. The predicted molar refractivity (Wildman–Crippen MR) is 118 cm³/mol. The highest BCUT2D eigenvalue weighted by molar-refractivity contribution is 7.80. The van der Waals surface area contributed by atoms with E-state index in [1.807, 2.05) is 67.9 Å². The number of nitrogens with one attached hydrogen (secondary N) is 2. The first-order valence-electron chi connectivity index (χ1n) is 8.46. The van der Waals surface area contributed by atoms with Gasteiger partial charge in [0.15, 0.2) is 5.11 Å². The average molecular weight is 419 g/mol. The lowest BCUT2D eigenvalue weighted by Gasteiger charge is -2.13. The Labute approximate surface area is 174 Å². The van der Waals surface area contributed by atoms with Gasteiger partial charge in [0.2, 0.25) is 0 Å². The molecule has 27 heavy (non-hydrogen) atoms. The molecule has 140 valence electrons. The van der Waals surface area contributed by atoms with Crippen molar-refractivity contribution in [2.24, 2.45) is 0 Å². The van der Waals surface area contributed by atoms with Crippen LogP contribution in [0, 0.1) is 20.8 Å². The molecule has 1 aromatic heterocycles. The molecule has 0 unspecified atom stereocenters. The van der Waals surface area contributed by atoms with E-state index < -0.39 is 0 Å². The molecular weight excluding hydrogens is 399 g/mol. The van der Waals surface area contributed by atoms with Crippen LogP contribution < -0.4 is 10.6 Å². The van der Waals surface area contributed by atoms with Crippen molar-refractivity contribution >= 4 is 51.9 Å². The summed E-state index contributed by atoms with van der Waals surface area (Å²) in [6.07, 6.45) is 0. The van der Waals surface area contributed by atoms with Crippen LogP contribution in [0.3, 0.4) is 0 Å². The van der Waals surface area contributed by atoms with E-state index in [9.17, 15) is 0 Å². The van der Waals surface area contributed by atoms with Gasteiger partial charge in [0.1, 0.15) is 0 Å². The number of nitrogens with zero attached hydrogens (tertiary/aromatic N) is 2. The van der Waals surface area contributed by atoms with Gasteiger partial charge in [-0.05, 0) is 62.3 Å². The normalized spacial score (nSPS) is 10.7. The van der Waals surface area contributed by atoms with Gasteiger partial charge >= 0.3 is 0 Å². The van der Waals surface area contributed by atoms with E-state index in [-0.39, 0.29) is 0 Å². The highest BCUT2D eigenvalue weighted by Crippen LogP contribution is 2.24. The first-order chi connectivity index (χ1) is 12.8. The standard InChI is InChI=1S/C20H20Cl2N4S/c1-12-8-9-16(21)10-18(12)23-20(27)24-19-13(2)25-26(14(19)3)11-15-6-4-5-7-17(15)22/h4-10H,11H2,1-3H3,(H2,23,24,27). The second-order valence-electron chi connectivity index (χ2n) is 6.33. The number of halogens is 2. The van der Waals surface area contributed by atoms with E-state index >= 15 is 0 Å². The molecule has 3 rings (SSSR count). The molecule has 0 saturated heterocycles. The maximum Gasteiger partial charge on any atom is 0.175 e. The first kappa shape index (κ1) is 19.7. The van der Waals surface area contributed by atoms with Crippen molar-refractivity contribution in [3.8, 4) is 0 Å². The lowest BCUT2D eigenvalue weighted by Crippen LogP contribution is -2.20. The molecule has 0 aliphatic heterocycles. The second kappa shape index (κ2) is 8.30. The first-order valence-corrected chi connectivity index (χ1v) is 9.63. The number of anilines is 2. The predicted octanol–water partition coefficient (Wildman–Crippen LogP) is 5.97. The highest BCUT2D eigenvalue weighted by atomic mass is 35.5. The largest absolute Gasteiger partial charge is 0.332 e. The molecule has 2 aromatic carbocycles. The summed E-state index contributed by atoms with van der Waals surface area (Å²) in [4.78, 5) is 0. The number of thiocarbonyl (C=S) groups is 1. The van der Waals surface area contributed by atoms with Crippen molar-refractivity contribution in [1.29, 1.82) is 0 Å². The van der Waals surface area contributed by atoms with E-state index in [2.05, 4.69) is 15.7 Å². The summed E-state index contributed by atoms with van der Waals surface area (Å²) < 4.78 is 1.92. The minimum Gasteiger partial charge on any atom is -0.332 e. The van der Waals surface area contributed by atoms with Crippen molar-refractivity contribution in [1.82, 2.24) is 9.78 Å². The van der Waals surface area contributed by atoms with Gasteiger partial charge in [0.05, 0.1) is 23.6 Å². The van der Waals surface area contributed by atoms with Crippen LogP contribution in [0.2, 0.25) is 10.0 Å². The Morgan fingerprint density at radius 1 is 1.07 bits per heavy atom. The Kier molecular flexibility index (Phi) is 6.05. The van der Waals surface area contributed by atoms with Crippen molar-refractivity contribution in [2.45, 2.75) is 27.3 Å². The fourth-order valence-corrected chi connectivity index (χ4v) is 3.40. The quantitative estimate of drug-likeness (QED) is 0.511. The molecule has 0 fully saturated rings. The summed E-state index contributed by atoms with van der Waals surface area (Å²) in [6, 6.07) is 13.4. The molecular formula is C20H20Cl2N4S. The van der Waals surface area contributed by atoms with Crippen LogP contribution in [0.15, 0.2) is 42.5 Å². The van der Waals surface area contributed by atoms with E-state index in [1.165, 1.54) is 0 Å². The monoisotopic (exact) mass is 418 g/mol. The van der Waals surface area contributed by atoms with Crippen LogP contribution in [-0.2, 0) is 6.54 Å². The summed E-state index contributed by atoms with van der Waals surface area (Å²) in [6.45, 7) is 6.55.